The Hall–Kier alpha value is -1.63. The molecule has 58 valence electrons. The van der Waals surface area contributed by atoms with E-state index in [1.165, 1.54) is 12.5 Å². The summed E-state index contributed by atoms with van der Waals surface area (Å²) >= 11 is 0. The highest BCUT2D eigenvalue weighted by atomic mass is 16.5. The third-order valence-electron chi connectivity index (χ3n) is 0.770. The molecule has 4 nitrogen and oxygen atoms in total. The van der Waals surface area contributed by atoms with Crippen LogP contribution in [0, 0.1) is 11.3 Å². The minimum absolute atomic E-state index is 0.184. The molecule has 0 saturated carbocycles. The van der Waals surface area contributed by atoms with Crippen LogP contribution in [0.2, 0.25) is 0 Å². The average Bonchev–Trinajstić information content (AvgIpc) is 1.99. The third-order valence-corrected chi connectivity index (χ3v) is 0.770. The molecular formula is C7H9N3O. The summed E-state index contributed by atoms with van der Waals surface area (Å²) < 4.78 is 4.73. The van der Waals surface area contributed by atoms with Gasteiger partial charge in [0.1, 0.15) is 0 Å². The highest BCUT2D eigenvalue weighted by molar-refractivity contribution is 5.48. The number of rotatable bonds is 4. The van der Waals surface area contributed by atoms with Crippen LogP contribution in [0.3, 0.4) is 0 Å². The number of hydrogen-bond acceptors (Lipinski definition) is 4. The molecule has 0 aromatic heterocycles. The van der Waals surface area contributed by atoms with Gasteiger partial charge in [0.2, 0.25) is 0 Å². The molecule has 0 amide bonds. The molecule has 0 aliphatic carbocycles. The van der Waals surface area contributed by atoms with E-state index in [-0.39, 0.29) is 6.73 Å². The summed E-state index contributed by atoms with van der Waals surface area (Å²) in [7, 11) is 0. The topological polar surface area (TPSA) is 57.7 Å². The number of nitrogens with zero attached hydrogens (tertiary/aromatic N) is 3. The Labute approximate surface area is 65.5 Å². The van der Waals surface area contributed by atoms with Crippen molar-refractivity contribution >= 4 is 13.1 Å². The summed E-state index contributed by atoms with van der Waals surface area (Å²) in [6.45, 7) is 5.09. The Kier molecular flexibility index (Phi) is 5.53. The molecule has 0 saturated heterocycles. The molecule has 4 heteroatoms. The molecule has 0 atom stereocenters. The molecule has 0 unspecified atom stereocenters. The Balaban J connectivity index is 3.66. The average molecular weight is 151 g/mol. The van der Waals surface area contributed by atoms with Crippen molar-refractivity contribution < 1.29 is 4.74 Å². The smallest absolute Gasteiger partial charge is 0.179 e. The molecule has 0 fully saturated rings. The lowest BCUT2D eigenvalue weighted by Crippen LogP contribution is -1.86. The second kappa shape index (κ2) is 6.49. The molecule has 0 N–H and O–H groups in total. The second-order valence-electron chi connectivity index (χ2n) is 1.67. The predicted molar refractivity (Wildman–Crippen MR) is 43.4 cm³/mol. The number of aliphatic imine (C=N–C) groups is 2. The Morgan fingerprint density at radius 2 is 2.55 bits per heavy atom. The van der Waals surface area contributed by atoms with Crippen molar-refractivity contribution in [2.24, 2.45) is 9.98 Å². The quantitative estimate of drug-likeness (QED) is 0.261. The van der Waals surface area contributed by atoms with Gasteiger partial charge in [0, 0.05) is 6.08 Å². The van der Waals surface area contributed by atoms with Crippen LogP contribution in [0.5, 0.6) is 0 Å². The van der Waals surface area contributed by atoms with Crippen molar-refractivity contribution in [3.05, 3.63) is 11.8 Å². The van der Waals surface area contributed by atoms with Crippen LogP contribution in [-0.2, 0) is 4.74 Å². The summed E-state index contributed by atoms with van der Waals surface area (Å²) in [6, 6.07) is 1.84. The second-order valence-corrected chi connectivity index (χ2v) is 1.67. The fraction of sp³-hybridized carbons (Fsp3) is 0.286. The molecule has 0 bridgehead atoms. The zero-order valence-corrected chi connectivity index (χ0v) is 6.32. The SMILES string of the molecule is C=NCOC=N/C(C)=C\C#N. The minimum atomic E-state index is 0.184. The van der Waals surface area contributed by atoms with Gasteiger partial charge in [-0.15, -0.1) is 0 Å². The molecule has 0 spiro atoms. The molecule has 0 aliphatic heterocycles. The van der Waals surface area contributed by atoms with Crippen molar-refractivity contribution in [3.8, 4) is 6.07 Å². The van der Waals surface area contributed by atoms with Gasteiger partial charge in [0.05, 0.1) is 11.8 Å². The van der Waals surface area contributed by atoms with E-state index in [4.69, 9.17) is 10.00 Å². The first-order chi connectivity index (χ1) is 5.31. The van der Waals surface area contributed by atoms with Crippen molar-refractivity contribution in [1.82, 2.24) is 0 Å². The van der Waals surface area contributed by atoms with Crippen LogP contribution in [-0.4, -0.2) is 19.8 Å². The lowest BCUT2D eigenvalue weighted by molar-refractivity contribution is 0.335. The lowest BCUT2D eigenvalue weighted by Gasteiger charge is -1.90. The molecule has 0 rings (SSSR count). The predicted octanol–water partition coefficient (Wildman–Crippen LogP) is 1.12. The van der Waals surface area contributed by atoms with Gasteiger partial charge in [-0.25, -0.2) is 4.99 Å². The van der Waals surface area contributed by atoms with Gasteiger partial charge in [-0.2, -0.15) is 5.26 Å². The first kappa shape index (κ1) is 9.37. The number of allylic oxidation sites excluding steroid dienone is 2. The van der Waals surface area contributed by atoms with Gasteiger partial charge in [-0.1, -0.05) is 0 Å². The maximum absolute atomic E-state index is 8.17. The molecule has 0 heterocycles. The first-order valence-corrected chi connectivity index (χ1v) is 2.94. The molecule has 0 aliphatic rings. The summed E-state index contributed by atoms with van der Waals surface area (Å²) in [4.78, 5) is 7.19. The fourth-order valence-electron chi connectivity index (χ4n) is 0.337. The Bertz CT molecular complexity index is 212. The number of nitriles is 1. The lowest BCUT2D eigenvalue weighted by atomic mass is 10.5. The molecule has 0 aromatic carbocycles. The van der Waals surface area contributed by atoms with E-state index in [9.17, 15) is 0 Å². The van der Waals surface area contributed by atoms with Crippen LogP contribution >= 0.6 is 0 Å². The van der Waals surface area contributed by atoms with E-state index in [1.54, 1.807) is 6.92 Å². The largest absolute Gasteiger partial charge is 0.461 e. The van der Waals surface area contributed by atoms with Crippen LogP contribution in [0.25, 0.3) is 0 Å². The van der Waals surface area contributed by atoms with Gasteiger partial charge in [-0.3, -0.25) is 4.99 Å². The van der Waals surface area contributed by atoms with E-state index in [1.807, 2.05) is 6.07 Å². The standard InChI is InChI=1S/C7H9N3O/c1-7(3-4-8)10-6-11-5-9-2/h3,6H,2,5H2,1H3/b7-3-,10-6?. The first-order valence-electron chi connectivity index (χ1n) is 2.94. The summed E-state index contributed by atoms with van der Waals surface area (Å²) in [6.07, 6.45) is 2.55. The van der Waals surface area contributed by atoms with Crippen LogP contribution in [0.1, 0.15) is 6.92 Å². The number of ether oxygens (including phenoxy) is 1. The maximum Gasteiger partial charge on any atom is 0.179 e. The van der Waals surface area contributed by atoms with E-state index < -0.39 is 0 Å². The van der Waals surface area contributed by atoms with Crippen molar-refractivity contribution in [3.63, 3.8) is 0 Å². The molecule has 0 aromatic rings. The fourth-order valence-corrected chi connectivity index (χ4v) is 0.337. The Morgan fingerprint density at radius 3 is 3.09 bits per heavy atom. The van der Waals surface area contributed by atoms with Gasteiger partial charge in [0.15, 0.2) is 13.1 Å². The summed E-state index contributed by atoms with van der Waals surface area (Å²) in [5.74, 6) is 0. The molecule has 11 heavy (non-hydrogen) atoms. The van der Waals surface area contributed by atoms with Crippen LogP contribution in [0.15, 0.2) is 21.8 Å². The third kappa shape index (κ3) is 6.25. The van der Waals surface area contributed by atoms with E-state index in [0.717, 1.165) is 0 Å². The number of hydrogen-bond donors (Lipinski definition) is 0. The van der Waals surface area contributed by atoms with Gasteiger partial charge in [0.25, 0.3) is 0 Å². The summed E-state index contributed by atoms with van der Waals surface area (Å²) in [5.41, 5.74) is 0.594. The van der Waals surface area contributed by atoms with Gasteiger partial charge >= 0.3 is 0 Å². The van der Waals surface area contributed by atoms with Gasteiger partial charge < -0.3 is 4.74 Å². The minimum Gasteiger partial charge on any atom is -0.461 e. The highest BCUT2D eigenvalue weighted by Gasteiger charge is 1.79. The zero-order chi connectivity index (χ0) is 8.53. The van der Waals surface area contributed by atoms with E-state index >= 15 is 0 Å². The van der Waals surface area contributed by atoms with Crippen molar-refractivity contribution in [1.29, 1.82) is 5.26 Å². The maximum atomic E-state index is 8.17. The monoisotopic (exact) mass is 151 g/mol. The Morgan fingerprint density at radius 1 is 1.82 bits per heavy atom. The summed E-state index contributed by atoms with van der Waals surface area (Å²) in [5, 5.41) is 8.17. The van der Waals surface area contributed by atoms with Crippen LogP contribution < -0.4 is 0 Å². The zero-order valence-electron chi connectivity index (χ0n) is 6.32. The van der Waals surface area contributed by atoms with Crippen LogP contribution in [0.4, 0.5) is 0 Å². The highest BCUT2D eigenvalue weighted by Crippen LogP contribution is 1.90. The van der Waals surface area contributed by atoms with E-state index in [2.05, 4.69) is 16.7 Å². The van der Waals surface area contributed by atoms with Crippen molar-refractivity contribution in [2.75, 3.05) is 6.73 Å². The van der Waals surface area contributed by atoms with Gasteiger partial charge in [-0.05, 0) is 13.6 Å². The molecular weight excluding hydrogens is 142 g/mol. The van der Waals surface area contributed by atoms with Crippen molar-refractivity contribution in [2.45, 2.75) is 6.92 Å². The molecule has 0 radical (unpaired) electrons. The van der Waals surface area contributed by atoms with E-state index in [0.29, 0.717) is 5.70 Å². The normalized spacial score (nSPS) is 11.1.